The Kier molecular flexibility index (Phi) is 6.43. The van der Waals surface area contributed by atoms with Gasteiger partial charge in [-0.1, -0.05) is 35.3 Å². The lowest BCUT2D eigenvalue weighted by Gasteiger charge is -2.28. The van der Waals surface area contributed by atoms with Crippen LogP contribution in [0.15, 0.2) is 42.5 Å². The molecule has 0 radical (unpaired) electrons. The van der Waals surface area contributed by atoms with Gasteiger partial charge in [-0.3, -0.25) is 0 Å². The van der Waals surface area contributed by atoms with E-state index < -0.39 is 29.3 Å². The summed E-state index contributed by atoms with van der Waals surface area (Å²) in [5.74, 6) is -1.88. The Morgan fingerprint density at radius 3 is 2.00 bits per heavy atom. The lowest BCUT2D eigenvalue weighted by atomic mass is 9.93. The highest BCUT2D eigenvalue weighted by Gasteiger charge is 2.62. The van der Waals surface area contributed by atoms with Gasteiger partial charge in [-0.25, -0.2) is 9.59 Å². The van der Waals surface area contributed by atoms with E-state index in [0.717, 1.165) is 31.4 Å². The van der Waals surface area contributed by atoms with Gasteiger partial charge in [0.2, 0.25) is 0 Å². The molecule has 0 aliphatic rings. The summed E-state index contributed by atoms with van der Waals surface area (Å²) < 4.78 is 43.6. The van der Waals surface area contributed by atoms with E-state index in [1.54, 1.807) is 0 Å². The normalized spacial score (nSPS) is 13.4. The molecule has 0 unspecified atom stereocenters. The van der Waals surface area contributed by atoms with Crippen molar-refractivity contribution in [2.45, 2.75) is 11.8 Å². The minimum absolute atomic E-state index is 0.107. The zero-order valence-electron chi connectivity index (χ0n) is 14.1. The van der Waals surface area contributed by atoms with E-state index in [2.05, 4.69) is 15.4 Å². The van der Waals surface area contributed by atoms with Crippen LogP contribution in [0.3, 0.4) is 0 Å². The minimum Gasteiger partial charge on any atom is -0.466 e. The monoisotopic (exact) mass is 436 g/mol. The second-order valence-corrected chi connectivity index (χ2v) is 6.30. The summed E-state index contributed by atoms with van der Waals surface area (Å²) in [6, 6.07) is 7.54. The Morgan fingerprint density at radius 2 is 1.50 bits per heavy atom. The maximum atomic E-state index is 13.2. The largest absolute Gasteiger partial charge is 0.466 e. The molecule has 3 N–H and O–H groups in total. The van der Waals surface area contributed by atoms with Gasteiger partial charge < -0.3 is 20.5 Å². The van der Waals surface area contributed by atoms with Crippen LogP contribution >= 0.6 is 23.2 Å². The average Bonchev–Trinajstić information content (AvgIpc) is 2.63. The van der Waals surface area contributed by atoms with Gasteiger partial charge in [-0.15, -0.1) is 0 Å². The molecule has 0 saturated heterocycles. The first-order valence-corrected chi connectivity index (χ1v) is 8.25. The summed E-state index contributed by atoms with van der Waals surface area (Å²) in [5, 5.41) is 15.2. The van der Waals surface area contributed by atoms with Crippen LogP contribution in [0, 0.1) is 0 Å². The molecule has 0 aliphatic carbocycles. The van der Waals surface area contributed by atoms with Crippen molar-refractivity contribution >= 4 is 46.6 Å². The molecule has 0 aliphatic heterocycles. The van der Waals surface area contributed by atoms with Gasteiger partial charge in [-0.05, 0) is 30.3 Å². The molecule has 0 spiro atoms. The summed E-state index contributed by atoms with van der Waals surface area (Å²) >= 11 is 11.6. The first kappa shape index (κ1) is 21.8. The van der Waals surface area contributed by atoms with Crippen LogP contribution < -0.4 is 10.6 Å². The van der Waals surface area contributed by atoms with Crippen LogP contribution in [0.1, 0.15) is 5.56 Å². The van der Waals surface area contributed by atoms with E-state index in [-0.39, 0.29) is 10.7 Å². The van der Waals surface area contributed by atoms with Gasteiger partial charge in [-0.2, -0.15) is 13.2 Å². The van der Waals surface area contributed by atoms with Crippen molar-refractivity contribution in [2.24, 2.45) is 0 Å². The number of aliphatic hydroxyl groups is 1. The number of anilines is 2. The molecular weight excluding hydrogens is 424 g/mol. The van der Waals surface area contributed by atoms with Gasteiger partial charge in [0.15, 0.2) is 0 Å². The summed E-state index contributed by atoms with van der Waals surface area (Å²) in [7, 11) is 0.725. The topological polar surface area (TPSA) is 87.7 Å². The molecule has 28 heavy (non-hydrogen) atoms. The number of methoxy groups -OCH3 is 1. The first-order chi connectivity index (χ1) is 13.0. The Bertz CT molecular complexity index is 891. The average molecular weight is 437 g/mol. The van der Waals surface area contributed by atoms with Crippen LogP contribution in [0.25, 0.3) is 0 Å². The fourth-order valence-electron chi connectivity index (χ4n) is 2.21. The summed E-state index contributed by atoms with van der Waals surface area (Å²) in [6.45, 7) is 0. The molecule has 0 heterocycles. The number of urea groups is 1. The molecular formula is C17H13Cl2F3N2O4. The third-order valence-corrected chi connectivity index (χ3v) is 4.37. The second-order valence-electron chi connectivity index (χ2n) is 5.49. The van der Waals surface area contributed by atoms with E-state index in [1.807, 2.05) is 0 Å². The van der Waals surface area contributed by atoms with Crippen molar-refractivity contribution in [3.63, 3.8) is 0 Å². The predicted molar refractivity (Wildman–Crippen MR) is 97.5 cm³/mol. The zero-order chi connectivity index (χ0) is 21.1. The number of ether oxygens (including phenoxy) is 1. The highest BCUT2D eigenvalue weighted by molar-refractivity contribution is 6.42. The van der Waals surface area contributed by atoms with Gasteiger partial charge in [0, 0.05) is 16.9 Å². The number of benzene rings is 2. The Labute approximate surface area is 167 Å². The number of hydrogen-bond donors (Lipinski definition) is 3. The second kappa shape index (κ2) is 8.26. The van der Waals surface area contributed by atoms with E-state index in [9.17, 15) is 27.9 Å². The van der Waals surface area contributed by atoms with Crippen molar-refractivity contribution in [3.05, 3.63) is 58.1 Å². The standard InChI is InChI=1S/C17H13Cl2F3N2O4/c1-28-14(25)16(27,17(20,21)22)9-2-4-10(5-3-9)23-15(26)24-11-6-7-12(18)13(19)8-11/h2-8,27H,1H3,(H2,23,24,26)/t16-/m0/s1. The molecule has 0 fully saturated rings. The van der Waals surface area contributed by atoms with Crippen molar-refractivity contribution < 1.29 is 32.6 Å². The van der Waals surface area contributed by atoms with Gasteiger partial charge in [0.1, 0.15) is 0 Å². The molecule has 150 valence electrons. The van der Waals surface area contributed by atoms with E-state index in [1.165, 1.54) is 18.2 Å². The molecule has 2 rings (SSSR count). The minimum atomic E-state index is -5.31. The maximum absolute atomic E-state index is 13.2. The van der Waals surface area contributed by atoms with E-state index >= 15 is 0 Å². The predicted octanol–water partition coefficient (Wildman–Crippen LogP) is 4.56. The van der Waals surface area contributed by atoms with Gasteiger partial charge >= 0.3 is 18.2 Å². The summed E-state index contributed by atoms with van der Waals surface area (Å²) in [4.78, 5) is 23.5. The molecule has 6 nitrogen and oxygen atoms in total. The molecule has 11 heteroatoms. The van der Waals surface area contributed by atoms with Crippen molar-refractivity contribution in [3.8, 4) is 0 Å². The third-order valence-electron chi connectivity index (χ3n) is 3.63. The SMILES string of the molecule is COC(=O)[C@@](O)(c1ccc(NC(=O)Nc2ccc(Cl)c(Cl)c2)cc1)C(F)(F)F. The number of esters is 1. The van der Waals surface area contributed by atoms with Gasteiger partial charge in [0.05, 0.1) is 17.2 Å². The van der Waals surface area contributed by atoms with Crippen LogP contribution in [0.5, 0.6) is 0 Å². The number of carbonyl (C=O) groups excluding carboxylic acids is 2. The molecule has 2 aromatic rings. The molecule has 1 atom stereocenters. The number of hydrogen-bond acceptors (Lipinski definition) is 4. The molecule has 2 aromatic carbocycles. The first-order valence-electron chi connectivity index (χ1n) is 7.50. The molecule has 0 aromatic heterocycles. The van der Waals surface area contributed by atoms with Crippen LogP contribution in [0.2, 0.25) is 10.0 Å². The highest BCUT2D eigenvalue weighted by Crippen LogP contribution is 2.40. The fourth-order valence-corrected chi connectivity index (χ4v) is 2.51. The number of alkyl halides is 3. The van der Waals surface area contributed by atoms with Crippen molar-refractivity contribution in [1.29, 1.82) is 0 Å². The van der Waals surface area contributed by atoms with E-state index in [4.69, 9.17) is 23.2 Å². The Hall–Kier alpha value is -2.49. The number of halogens is 5. The smallest absolute Gasteiger partial charge is 0.432 e. The fraction of sp³-hybridized carbons (Fsp3) is 0.176. The summed E-state index contributed by atoms with van der Waals surface area (Å²) in [6.07, 6.45) is -5.31. The van der Waals surface area contributed by atoms with Crippen LogP contribution in [-0.4, -0.2) is 30.4 Å². The summed E-state index contributed by atoms with van der Waals surface area (Å²) in [5.41, 5.74) is -4.15. The lowest BCUT2D eigenvalue weighted by molar-refractivity contribution is -0.266. The quantitative estimate of drug-likeness (QED) is 0.613. The highest BCUT2D eigenvalue weighted by atomic mass is 35.5. The maximum Gasteiger partial charge on any atom is 0.432 e. The molecule has 0 bridgehead atoms. The van der Waals surface area contributed by atoms with Gasteiger partial charge in [0.25, 0.3) is 5.60 Å². The zero-order valence-corrected chi connectivity index (χ0v) is 15.6. The molecule has 2 amide bonds. The lowest BCUT2D eigenvalue weighted by Crippen LogP contribution is -2.49. The molecule has 0 saturated carbocycles. The van der Waals surface area contributed by atoms with Crippen LogP contribution in [-0.2, 0) is 15.1 Å². The van der Waals surface area contributed by atoms with Crippen LogP contribution in [0.4, 0.5) is 29.3 Å². The van der Waals surface area contributed by atoms with E-state index in [0.29, 0.717) is 10.7 Å². The number of carbonyl (C=O) groups is 2. The Balaban J connectivity index is 2.16. The number of nitrogens with one attached hydrogen (secondary N) is 2. The number of rotatable bonds is 4. The Morgan fingerprint density at radius 1 is 0.964 bits per heavy atom. The third kappa shape index (κ3) is 4.49. The number of amides is 2. The van der Waals surface area contributed by atoms with Crippen molar-refractivity contribution in [2.75, 3.05) is 17.7 Å². The van der Waals surface area contributed by atoms with Crippen molar-refractivity contribution in [1.82, 2.24) is 0 Å².